The van der Waals surface area contributed by atoms with Crippen LogP contribution in [0.25, 0.3) is 0 Å². The van der Waals surface area contributed by atoms with E-state index in [0.717, 1.165) is 5.69 Å². The van der Waals surface area contributed by atoms with Crippen LogP contribution in [-0.4, -0.2) is 9.97 Å². The smallest absolute Gasteiger partial charge is 0.255 e. The Labute approximate surface area is 109 Å². The fourth-order valence-corrected chi connectivity index (χ4v) is 2.10. The molecule has 1 heterocycles. The van der Waals surface area contributed by atoms with E-state index in [1.807, 2.05) is 6.92 Å². The highest BCUT2D eigenvalue weighted by atomic mass is 32.1. The van der Waals surface area contributed by atoms with Crippen molar-refractivity contribution in [2.75, 3.05) is 0 Å². The number of nitrogens with one attached hydrogen (secondary N) is 2. The summed E-state index contributed by atoms with van der Waals surface area (Å²) < 4.78 is 13.9. The Bertz CT molecular complexity index is 675. The van der Waals surface area contributed by atoms with Crippen molar-refractivity contribution in [3.63, 3.8) is 0 Å². The van der Waals surface area contributed by atoms with Crippen LogP contribution in [0.3, 0.4) is 0 Å². The Kier molecular flexibility index (Phi) is 3.72. The van der Waals surface area contributed by atoms with Crippen molar-refractivity contribution < 1.29 is 4.39 Å². The maximum absolute atomic E-state index is 13.6. The van der Waals surface area contributed by atoms with Gasteiger partial charge in [-0.3, -0.25) is 9.78 Å². The summed E-state index contributed by atoms with van der Waals surface area (Å²) in [4.78, 5) is 17.3. The molecule has 0 atom stereocenters. The SMILES string of the molecule is CCc1[nH]c(=S)[nH]c(=O)c1Cc1ccccc1F. The molecule has 0 aliphatic rings. The Morgan fingerprint density at radius 1 is 1.28 bits per heavy atom. The minimum absolute atomic E-state index is 0.251. The van der Waals surface area contributed by atoms with Crippen molar-refractivity contribution in [2.45, 2.75) is 19.8 Å². The zero-order valence-electron chi connectivity index (χ0n) is 9.92. The monoisotopic (exact) mass is 264 g/mol. The molecule has 1 aromatic carbocycles. The van der Waals surface area contributed by atoms with Gasteiger partial charge in [-0.25, -0.2) is 4.39 Å². The molecule has 2 rings (SSSR count). The topological polar surface area (TPSA) is 48.6 Å². The van der Waals surface area contributed by atoms with Gasteiger partial charge < -0.3 is 4.98 Å². The van der Waals surface area contributed by atoms with E-state index in [-0.39, 0.29) is 17.8 Å². The highest BCUT2D eigenvalue weighted by Gasteiger charge is 2.10. The summed E-state index contributed by atoms with van der Waals surface area (Å²) in [5.74, 6) is -0.304. The van der Waals surface area contributed by atoms with E-state index in [1.165, 1.54) is 6.07 Å². The number of halogens is 1. The first-order valence-electron chi connectivity index (χ1n) is 5.69. The number of rotatable bonds is 3. The predicted molar refractivity (Wildman–Crippen MR) is 70.8 cm³/mol. The molecule has 18 heavy (non-hydrogen) atoms. The van der Waals surface area contributed by atoms with Crippen molar-refractivity contribution in [3.8, 4) is 0 Å². The molecule has 0 amide bonds. The molecule has 0 saturated carbocycles. The summed E-state index contributed by atoms with van der Waals surface area (Å²) in [7, 11) is 0. The Balaban J connectivity index is 2.50. The van der Waals surface area contributed by atoms with Gasteiger partial charge in [-0.1, -0.05) is 25.1 Å². The molecule has 0 spiro atoms. The minimum Gasteiger partial charge on any atom is -0.336 e. The average molecular weight is 264 g/mol. The van der Waals surface area contributed by atoms with Gasteiger partial charge in [-0.05, 0) is 30.3 Å². The van der Waals surface area contributed by atoms with Crippen LogP contribution in [0.4, 0.5) is 4.39 Å². The van der Waals surface area contributed by atoms with Crippen LogP contribution in [0.15, 0.2) is 29.1 Å². The molecule has 0 unspecified atom stereocenters. The normalized spacial score (nSPS) is 10.6. The highest BCUT2D eigenvalue weighted by Crippen LogP contribution is 2.12. The molecule has 2 aromatic rings. The zero-order chi connectivity index (χ0) is 13.1. The molecule has 2 N–H and O–H groups in total. The number of hydrogen-bond acceptors (Lipinski definition) is 2. The molecule has 3 nitrogen and oxygen atoms in total. The molecule has 0 aliphatic carbocycles. The largest absolute Gasteiger partial charge is 0.336 e. The first kappa shape index (κ1) is 12.7. The standard InChI is InChI=1S/C13H13FN2OS/c1-2-11-9(12(17)16-13(18)15-11)7-8-5-3-4-6-10(8)14/h3-6H,2,7H2,1H3,(H2,15,16,17,18). The van der Waals surface area contributed by atoms with Crippen LogP contribution in [0, 0.1) is 10.6 Å². The van der Waals surface area contributed by atoms with Gasteiger partial charge in [0, 0.05) is 17.7 Å². The molecular weight excluding hydrogens is 251 g/mol. The van der Waals surface area contributed by atoms with E-state index in [4.69, 9.17) is 12.2 Å². The van der Waals surface area contributed by atoms with Gasteiger partial charge in [0.2, 0.25) is 0 Å². The fraction of sp³-hybridized carbons (Fsp3) is 0.231. The van der Waals surface area contributed by atoms with Gasteiger partial charge in [-0.15, -0.1) is 0 Å². The Hall–Kier alpha value is -1.75. The minimum atomic E-state index is -0.304. The maximum Gasteiger partial charge on any atom is 0.255 e. The number of hydrogen-bond donors (Lipinski definition) is 2. The summed E-state index contributed by atoms with van der Waals surface area (Å²) >= 11 is 4.92. The van der Waals surface area contributed by atoms with Gasteiger partial charge >= 0.3 is 0 Å². The lowest BCUT2D eigenvalue weighted by molar-refractivity contribution is 0.613. The van der Waals surface area contributed by atoms with E-state index in [2.05, 4.69) is 9.97 Å². The van der Waals surface area contributed by atoms with Crippen molar-refractivity contribution in [1.82, 2.24) is 9.97 Å². The predicted octanol–water partition coefficient (Wildman–Crippen LogP) is 2.72. The second kappa shape index (κ2) is 5.27. The third-order valence-corrected chi connectivity index (χ3v) is 3.01. The number of benzene rings is 1. The summed E-state index contributed by atoms with van der Waals surface area (Å²) in [6, 6.07) is 6.45. The second-order valence-corrected chi connectivity index (χ2v) is 4.40. The van der Waals surface area contributed by atoms with Crippen LogP contribution in [0.5, 0.6) is 0 Å². The van der Waals surface area contributed by atoms with Gasteiger partial charge in [0.15, 0.2) is 4.77 Å². The zero-order valence-corrected chi connectivity index (χ0v) is 10.7. The van der Waals surface area contributed by atoms with Crippen molar-refractivity contribution in [3.05, 3.63) is 62.0 Å². The lowest BCUT2D eigenvalue weighted by Gasteiger charge is -2.07. The van der Waals surface area contributed by atoms with E-state index in [9.17, 15) is 9.18 Å². The van der Waals surface area contributed by atoms with E-state index in [0.29, 0.717) is 22.3 Å². The quantitative estimate of drug-likeness (QED) is 0.837. The van der Waals surface area contributed by atoms with Crippen molar-refractivity contribution >= 4 is 12.2 Å². The molecule has 0 saturated heterocycles. The van der Waals surface area contributed by atoms with Crippen LogP contribution in [-0.2, 0) is 12.8 Å². The number of aromatic amines is 2. The third-order valence-electron chi connectivity index (χ3n) is 2.81. The summed E-state index contributed by atoms with van der Waals surface area (Å²) in [6.07, 6.45) is 0.911. The van der Waals surface area contributed by atoms with E-state index >= 15 is 0 Å². The summed E-state index contributed by atoms with van der Waals surface area (Å²) in [6.45, 7) is 1.92. The van der Waals surface area contributed by atoms with Crippen molar-refractivity contribution in [1.29, 1.82) is 0 Å². The molecular formula is C13H13FN2OS. The van der Waals surface area contributed by atoms with Gasteiger partial charge in [0.25, 0.3) is 5.56 Å². The lowest BCUT2D eigenvalue weighted by atomic mass is 10.0. The third kappa shape index (κ3) is 2.56. The maximum atomic E-state index is 13.6. The molecule has 0 fully saturated rings. The van der Waals surface area contributed by atoms with Crippen molar-refractivity contribution in [2.24, 2.45) is 0 Å². The van der Waals surface area contributed by atoms with Crippen LogP contribution in [0.1, 0.15) is 23.7 Å². The van der Waals surface area contributed by atoms with Crippen LogP contribution in [0.2, 0.25) is 0 Å². The van der Waals surface area contributed by atoms with Gasteiger partial charge in [0.05, 0.1) is 0 Å². The number of H-pyrrole nitrogens is 2. The summed E-state index contributed by atoms with van der Waals surface area (Å²) in [5.41, 5.74) is 1.55. The van der Waals surface area contributed by atoms with Crippen LogP contribution >= 0.6 is 12.2 Å². The molecule has 0 radical (unpaired) electrons. The van der Waals surface area contributed by atoms with Gasteiger partial charge in [0.1, 0.15) is 5.82 Å². The molecule has 5 heteroatoms. The number of aryl methyl sites for hydroxylation is 1. The number of aromatic nitrogens is 2. The average Bonchev–Trinajstić information content (AvgIpc) is 2.34. The Morgan fingerprint density at radius 3 is 2.67 bits per heavy atom. The van der Waals surface area contributed by atoms with E-state index in [1.54, 1.807) is 18.2 Å². The van der Waals surface area contributed by atoms with Gasteiger partial charge in [-0.2, -0.15) is 0 Å². The van der Waals surface area contributed by atoms with E-state index < -0.39 is 0 Å². The Morgan fingerprint density at radius 2 is 2.00 bits per heavy atom. The first-order valence-corrected chi connectivity index (χ1v) is 6.10. The second-order valence-electron chi connectivity index (χ2n) is 3.99. The molecule has 0 bridgehead atoms. The summed E-state index contributed by atoms with van der Waals surface area (Å²) in [5, 5.41) is 0. The van der Waals surface area contributed by atoms with Crippen LogP contribution < -0.4 is 5.56 Å². The highest BCUT2D eigenvalue weighted by molar-refractivity contribution is 7.71. The molecule has 94 valence electrons. The first-order chi connectivity index (χ1) is 8.61. The molecule has 0 aliphatic heterocycles. The lowest BCUT2D eigenvalue weighted by Crippen LogP contribution is -2.18. The molecule has 1 aromatic heterocycles. The fourth-order valence-electron chi connectivity index (χ4n) is 1.88.